The van der Waals surface area contributed by atoms with E-state index in [1.165, 1.54) is 24.3 Å². The van der Waals surface area contributed by atoms with Crippen LogP contribution in [0.3, 0.4) is 0 Å². The quantitative estimate of drug-likeness (QED) is 0.862. The van der Waals surface area contributed by atoms with Gasteiger partial charge in [0.2, 0.25) is 0 Å². The van der Waals surface area contributed by atoms with E-state index in [-0.39, 0.29) is 17.8 Å². The minimum Gasteiger partial charge on any atom is -0.449 e. The van der Waals surface area contributed by atoms with Crippen LogP contribution in [-0.4, -0.2) is 42.2 Å². The number of rotatable bonds is 4. The van der Waals surface area contributed by atoms with Crippen molar-refractivity contribution in [3.05, 3.63) is 35.8 Å². The average Bonchev–Trinajstić information content (AvgIpc) is 3.18. The summed E-state index contributed by atoms with van der Waals surface area (Å²) >= 11 is 1.51. The predicted molar refractivity (Wildman–Crippen MR) is 102 cm³/mol. The van der Waals surface area contributed by atoms with E-state index in [9.17, 15) is 4.79 Å². The summed E-state index contributed by atoms with van der Waals surface area (Å²) in [4.78, 5) is 19.9. The van der Waals surface area contributed by atoms with Crippen LogP contribution in [0.15, 0.2) is 35.8 Å². The van der Waals surface area contributed by atoms with Crippen molar-refractivity contribution in [2.24, 2.45) is 5.41 Å². The topological polar surface area (TPSA) is 54.5 Å². The van der Waals surface area contributed by atoms with Gasteiger partial charge in [0, 0.05) is 12.0 Å². The molecule has 7 heteroatoms. The summed E-state index contributed by atoms with van der Waals surface area (Å²) in [6.07, 6.45) is 3.08. The number of hydrogen-bond acceptors (Lipinski definition) is 5. The third kappa shape index (κ3) is 3.97. The van der Waals surface area contributed by atoms with Crippen LogP contribution < -0.4 is 5.32 Å². The minimum absolute atomic E-state index is 0. The lowest BCUT2D eigenvalue weighted by Gasteiger charge is -2.33. The number of nitrogens with one attached hydrogen (secondary N) is 1. The van der Waals surface area contributed by atoms with E-state index >= 15 is 0 Å². The highest BCUT2D eigenvalue weighted by Gasteiger charge is 2.41. The van der Waals surface area contributed by atoms with E-state index in [2.05, 4.69) is 15.2 Å². The number of halogens is 1. The second-order valence-electron chi connectivity index (χ2n) is 6.73. The van der Waals surface area contributed by atoms with Crippen LogP contribution in [-0.2, 0) is 4.74 Å². The zero-order chi connectivity index (χ0) is 16.4. The lowest BCUT2D eigenvalue weighted by atomic mass is 9.82. The Kier molecular flexibility index (Phi) is 5.61. The number of thiazole rings is 1. The highest BCUT2D eigenvalue weighted by Crippen LogP contribution is 2.39. The second kappa shape index (κ2) is 7.72. The summed E-state index contributed by atoms with van der Waals surface area (Å²) in [5.74, 6) is 0.574. The Morgan fingerprint density at radius 3 is 2.96 bits per heavy atom. The molecule has 0 saturated carbocycles. The fraction of sp³-hybridized carbons (Fsp3) is 0.444. The van der Waals surface area contributed by atoms with Gasteiger partial charge in [0.05, 0.1) is 10.4 Å². The van der Waals surface area contributed by atoms with Crippen LogP contribution in [0.5, 0.6) is 0 Å². The molecule has 25 heavy (non-hydrogen) atoms. The minimum atomic E-state index is -0.406. The number of piperidine rings is 1. The van der Waals surface area contributed by atoms with Crippen LogP contribution in [0.1, 0.15) is 19.3 Å². The first-order chi connectivity index (χ1) is 11.7. The molecule has 0 spiro atoms. The first-order valence-corrected chi connectivity index (χ1v) is 9.27. The number of aromatic nitrogens is 1. The van der Waals surface area contributed by atoms with E-state index in [0.717, 1.165) is 36.4 Å². The summed E-state index contributed by atoms with van der Waals surface area (Å²) in [6, 6.07) is 9.95. The number of ether oxygens (including phenoxy) is 1. The molecule has 2 fully saturated rings. The SMILES string of the molecule is Cl.O=C(Nc1ncsc1-c1ccccc1)OCC12CCCN(CC1)C2. The summed E-state index contributed by atoms with van der Waals surface area (Å²) in [5, 5.41) is 2.81. The number of hydrogen-bond donors (Lipinski definition) is 1. The summed E-state index contributed by atoms with van der Waals surface area (Å²) in [5.41, 5.74) is 2.96. The molecule has 2 aromatic rings. The maximum absolute atomic E-state index is 12.2. The van der Waals surface area contributed by atoms with Crippen LogP contribution in [0.2, 0.25) is 0 Å². The molecule has 1 aromatic carbocycles. The molecule has 1 aromatic heterocycles. The molecule has 4 rings (SSSR count). The Hall–Kier alpha value is -1.63. The maximum atomic E-state index is 12.2. The molecule has 2 saturated heterocycles. The molecule has 2 aliphatic heterocycles. The van der Waals surface area contributed by atoms with Crippen molar-refractivity contribution in [3.8, 4) is 10.4 Å². The van der Waals surface area contributed by atoms with Gasteiger partial charge in [0.25, 0.3) is 0 Å². The van der Waals surface area contributed by atoms with Gasteiger partial charge >= 0.3 is 6.09 Å². The molecule has 2 atom stereocenters. The molecule has 0 radical (unpaired) electrons. The Balaban J connectivity index is 0.00000182. The van der Waals surface area contributed by atoms with Crippen molar-refractivity contribution in [2.75, 3.05) is 31.6 Å². The van der Waals surface area contributed by atoms with Gasteiger partial charge in [-0.3, -0.25) is 5.32 Å². The van der Waals surface area contributed by atoms with Crippen molar-refractivity contribution in [3.63, 3.8) is 0 Å². The fourth-order valence-corrected chi connectivity index (χ4v) is 4.52. The molecule has 1 N–H and O–H groups in total. The molecule has 3 heterocycles. The Labute approximate surface area is 157 Å². The van der Waals surface area contributed by atoms with Crippen LogP contribution in [0.25, 0.3) is 10.4 Å². The molecule has 0 aliphatic carbocycles. The van der Waals surface area contributed by atoms with E-state index in [1.54, 1.807) is 5.51 Å². The summed E-state index contributed by atoms with van der Waals surface area (Å²) < 4.78 is 5.55. The average molecular weight is 380 g/mol. The molecule has 2 unspecified atom stereocenters. The van der Waals surface area contributed by atoms with E-state index in [0.29, 0.717) is 12.4 Å². The molecule has 2 bridgehead atoms. The van der Waals surface area contributed by atoms with Crippen molar-refractivity contribution in [1.29, 1.82) is 0 Å². The second-order valence-corrected chi connectivity index (χ2v) is 7.58. The lowest BCUT2D eigenvalue weighted by molar-refractivity contribution is 0.0720. The Morgan fingerprint density at radius 2 is 2.12 bits per heavy atom. The number of nitrogens with zero attached hydrogens (tertiary/aromatic N) is 2. The zero-order valence-electron chi connectivity index (χ0n) is 13.9. The smallest absolute Gasteiger partial charge is 0.412 e. The van der Waals surface area contributed by atoms with Crippen molar-refractivity contribution < 1.29 is 9.53 Å². The highest BCUT2D eigenvalue weighted by atomic mass is 35.5. The van der Waals surface area contributed by atoms with Gasteiger partial charge in [-0.15, -0.1) is 23.7 Å². The van der Waals surface area contributed by atoms with E-state index < -0.39 is 6.09 Å². The molecular formula is C18H22ClN3O2S. The maximum Gasteiger partial charge on any atom is 0.412 e. The zero-order valence-corrected chi connectivity index (χ0v) is 15.6. The van der Waals surface area contributed by atoms with Crippen molar-refractivity contribution in [2.45, 2.75) is 19.3 Å². The third-order valence-electron chi connectivity index (χ3n) is 5.03. The number of carbonyl (C=O) groups excluding carboxylic acids is 1. The Bertz CT molecular complexity index is 720. The number of fused-ring (bicyclic) bond motifs is 2. The van der Waals surface area contributed by atoms with Crippen LogP contribution in [0, 0.1) is 5.41 Å². The lowest BCUT2D eigenvalue weighted by Crippen LogP contribution is -2.37. The standard InChI is InChI=1S/C18H21N3O2S.ClH/c22-17(23-12-18-7-4-9-21(11-18)10-8-18)20-16-15(24-13-19-16)14-5-2-1-3-6-14;/h1-3,5-6,13H,4,7-12H2,(H,20,22);1H. The summed E-state index contributed by atoms with van der Waals surface area (Å²) in [7, 11) is 0. The largest absolute Gasteiger partial charge is 0.449 e. The fourth-order valence-electron chi connectivity index (χ4n) is 3.77. The van der Waals surface area contributed by atoms with Gasteiger partial charge in [0.15, 0.2) is 5.82 Å². The van der Waals surface area contributed by atoms with Crippen molar-refractivity contribution >= 4 is 35.7 Å². The van der Waals surface area contributed by atoms with Gasteiger partial charge in [-0.1, -0.05) is 30.3 Å². The normalized spacial score (nSPS) is 24.4. The molecule has 5 nitrogen and oxygen atoms in total. The first-order valence-electron chi connectivity index (χ1n) is 8.39. The van der Waals surface area contributed by atoms with Gasteiger partial charge in [-0.05, 0) is 37.9 Å². The monoisotopic (exact) mass is 379 g/mol. The van der Waals surface area contributed by atoms with Gasteiger partial charge in [-0.2, -0.15) is 0 Å². The molecule has 2 aliphatic rings. The van der Waals surface area contributed by atoms with Gasteiger partial charge in [-0.25, -0.2) is 9.78 Å². The van der Waals surface area contributed by atoms with Gasteiger partial charge in [0.1, 0.15) is 6.61 Å². The van der Waals surface area contributed by atoms with Crippen molar-refractivity contribution in [1.82, 2.24) is 9.88 Å². The first kappa shape index (κ1) is 18.2. The number of anilines is 1. The highest BCUT2D eigenvalue weighted by molar-refractivity contribution is 7.13. The van der Waals surface area contributed by atoms with Gasteiger partial charge < -0.3 is 9.64 Å². The van der Waals surface area contributed by atoms with Crippen LogP contribution >= 0.6 is 23.7 Å². The van der Waals surface area contributed by atoms with E-state index in [1.807, 2.05) is 30.3 Å². The Morgan fingerprint density at radius 1 is 1.28 bits per heavy atom. The van der Waals surface area contributed by atoms with Crippen LogP contribution in [0.4, 0.5) is 10.6 Å². The third-order valence-corrected chi connectivity index (χ3v) is 5.91. The number of amides is 1. The number of benzene rings is 1. The molecular weight excluding hydrogens is 358 g/mol. The summed E-state index contributed by atoms with van der Waals surface area (Å²) in [6.45, 7) is 3.88. The molecule has 1 amide bonds. The molecule has 134 valence electrons. The van der Waals surface area contributed by atoms with E-state index in [4.69, 9.17) is 4.74 Å². The predicted octanol–water partition coefficient (Wildman–Crippen LogP) is 4.27. The number of carbonyl (C=O) groups is 1.